The minimum Gasteiger partial charge on any atom is -0.414 e. The molecule has 0 aliphatic carbocycles. The molecule has 41 heavy (non-hydrogen) atoms. The van der Waals surface area contributed by atoms with Gasteiger partial charge in [-0.15, -0.1) is 0 Å². The molecule has 12 heteroatoms. The van der Waals surface area contributed by atoms with Gasteiger partial charge in [-0.25, -0.2) is 19.7 Å². The minimum atomic E-state index is -2.08. The van der Waals surface area contributed by atoms with E-state index in [1.54, 1.807) is 6.33 Å². The number of benzene rings is 1. The second-order valence-corrected chi connectivity index (χ2v) is 23.4. The van der Waals surface area contributed by atoms with E-state index in [1.807, 2.05) is 34.9 Å². The fourth-order valence-corrected chi connectivity index (χ4v) is 6.53. The summed E-state index contributed by atoms with van der Waals surface area (Å²) >= 11 is 0. The third-order valence-corrected chi connectivity index (χ3v) is 17.8. The molecule has 0 radical (unpaired) electrons. The first kappa shape index (κ1) is 31.3. The van der Waals surface area contributed by atoms with E-state index in [0.717, 1.165) is 0 Å². The van der Waals surface area contributed by atoms with Crippen LogP contribution in [0.2, 0.25) is 36.3 Å². The lowest BCUT2D eigenvalue weighted by molar-refractivity contribution is -0.0383. The van der Waals surface area contributed by atoms with Crippen LogP contribution in [-0.2, 0) is 13.6 Å². The number of carbonyl (C=O) groups is 1. The van der Waals surface area contributed by atoms with Crippen molar-refractivity contribution in [2.45, 2.75) is 103 Å². The van der Waals surface area contributed by atoms with Crippen LogP contribution in [0.5, 0.6) is 0 Å². The van der Waals surface area contributed by atoms with Crippen molar-refractivity contribution in [2.24, 2.45) is 0 Å². The fourth-order valence-electron chi connectivity index (χ4n) is 4.15. The van der Waals surface area contributed by atoms with E-state index >= 15 is 0 Å². The van der Waals surface area contributed by atoms with E-state index in [4.69, 9.17) is 13.6 Å². The molecule has 1 aliphatic heterocycles. The highest BCUT2D eigenvalue weighted by Gasteiger charge is 2.47. The Bertz CT molecular complexity index is 1350. The van der Waals surface area contributed by atoms with Crippen LogP contribution in [0.3, 0.4) is 0 Å². The molecular weight excluding hydrogens is 553 g/mol. The van der Waals surface area contributed by atoms with Gasteiger partial charge in [0.2, 0.25) is 0 Å². The van der Waals surface area contributed by atoms with Crippen LogP contribution in [0, 0.1) is 0 Å². The highest BCUT2D eigenvalue weighted by molar-refractivity contribution is 6.74. The van der Waals surface area contributed by atoms with Gasteiger partial charge in [0.25, 0.3) is 0 Å². The number of fused-ring (bicyclic) bond motifs is 1. The van der Waals surface area contributed by atoms with Gasteiger partial charge in [-0.1, -0.05) is 59.7 Å². The number of aromatic nitrogens is 4. The number of imidazole rings is 1. The maximum Gasteiger partial charge on any atom is 0.324 e. The molecule has 3 atom stereocenters. The maximum absolute atomic E-state index is 12.6. The van der Waals surface area contributed by atoms with Crippen molar-refractivity contribution in [1.29, 1.82) is 0 Å². The van der Waals surface area contributed by atoms with Crippen LogP contribution in [-0.4, -0.2) is 61.0 Å². The van der Waals surface area contributed by atoms with Crippen molar-refractivity contribution in [3.63, 3.8) is 0 Å². The second kappa shape index (κ2) is 11.6. The first-order valence-corrected chi connectivity index (χ1v) is 20.1. The zero-order valence-corrected chi connectivity index (χ0v) is 28.1. The average molecular weight is 599 g/mol. The summed E-state index contributed by atoms with van der Waals surface area (Å²) in [7, 11) is -4.07. The van der Waals surface area contributed by atoms with Gasteiger partial charge in [0.05, 0.1) is 19.0 Å². The predicted molar refractivity (Wildman–Crippen MR) is 168 cm³/mol. The van der Waals surface area contributed by atoms with Gasteiger partial charge in [-0.2, -0.15) is 0 Å². The first-order valence-electron chi connectivity index (χ1n) is 14.3. The summed E-state index contributed by atoms with van der Waals surface area (Å²) in [6.07, 6.45) is 3.07. The van der Waals surface area contributed by atoms with Gasteiger partial charge in [-0.3, -0.25) is 9.88 Å². The number of hydrogen-bond donors (Lipinski definition) is 2. The van der Waals surface area contributed by atoms with E-state index < -0.39 is 22.7 Å². The third kappa shape index (κ3) is 7.05. The summed E-state index contributed by atoms with van der Waals surface area (Å²) in [6.45, 7) is 23.0. The van der Waals surface area contributed by atoms with E-state index in [1.165, 1.54) is 6.33 Å². The molecule has 0 spiro atoms. The van der Waals surface area contributed by atoms with E-state index in [9.17, 15) is 4.79 Å². The van der Waals surface area contributed by atoms with Crippen LogP contribution in [0.15, 0.2) is 43.0 Å². The zero-order valence-electron chi connectivity index (χ0n) is 26.1. The largest absolute Gasteiger partial charge is 0.414 e. The average Bonchev–Trinajstić information content (AvgIpc) is 3.46. The summed E-state index contributed by atoms with van der Waals surface area (Å²) < 4.78 is 22.1. The Balaban J connectivity index is 1.56. The van der Waals surface area contributed by atoms with Crippen molar-refractivity contribution in [2.75, 3.05) is 17.2 Å². The summed E-state index contributed by atoms with van der Waals surface area (Å²) in [6, 6.07) is 8.82. The highest BCUT2D eigenvalue weighted by Crippen LogP contribution is 2.43. The molecule has 0 unspecified atom stereocenters. The van der Waals surface area contributed by atoms with E-state index in [2.05, 4.69) is 93.3 Å². The number of ether oxygens (including phenoxy) is 1. The van der Waals surface area contributed by atoms with Crippen molar-refractivity contribution < 1.29 is 18.4 Å². The number of urea groups is 1. The molecule has 3 heterocycles. The van der Waals surface area contributed by atoms with Gasteiger partial charge in [0, 0.05) is 12.1 Å². The SMILES string of the molecule is CC(C)(C)[Si](C)(C)OC[C@H]1O[C@@H](n2cnc3c(NC(=O)Nc4ccccc4)ncnc32)C[C@@H]1O[Si](C)(C)C(C)(C)C. The molecule has 0 bridgehead atoms. The number of hydrogen-bond acceptors (Lipinski definition) is 7. The summed E-state index contributed by atoms with van der Waals surface area (Å²) in [5.41, 5.74) is 1.75. The van der Waals surface area contributed by atoms with Crippen LogP contribution < -0.4 is 10.6 Å². The lowest BCUT2D eigenvalue weighted by atomic mass is 10.2. The lowest BCUT2D eigenvalue weighted by Crippen LogP contribution is -2.48. The summed E-state index contributed by atoms with van der Waals surface area (Å²) in [4.78, 5) is 26.0. The van der Waals surface area contributed by atoms with Crippen molar-refractivity contribution in [3.8, 4) is 0 Å². The Morgan fingerprint density at radius 2 is 1.63 bits per heavy atom. The van der Waals surface area contributed by atoms with Crippen LogP contribution >= 0.6 is 0 Å². The summed E-state index contributed by atoms with van der Waals surface area (Å²) in [5.74, 6) is 0.326. The Morgan fingerprint density at radius 1 is 0.976 bits per heavy atom. The van der Waals surface area contributed by atoms with Gasteiger partial charge in [-0.05, 0) is 48.4 Å². The Kier molecular flexibility index (Phi) is 8.82. The monoisotopic (exact) mass is 598 g/mol. The van der Waals surface area contributed by atoms with E-state index in [0.29, 0.717) is 35.7 Å². The second-order valence-electron chi connectivity index (χ2n) is 13.8. The molecule has 3 aromatic rings. The standard InChI is InChI=1S/C29H46N6O4Si2/c1-28(2,3)40(7,8)37-17-22-21(39-41(9,10)29(4,5)6)16-23(38-22)35-19-32-24-25(30-18-31-26(24)35)34-27(36)33-20-14-12-11-13-15-20/h11-15,18-19,21-23H,16-17H2,1-10H3,(H2,30,31,33,34,36)/t21-,22+,23+/m0/s1. The topological polar surface area (TPSA) is 112 Å². The Hall–Kier alpha value is -2.65. The molecule has 1 aliphatic rings. The van der Waals surface area contributed by atoms with E-state index in [-0.39, 0.29) is 28.5 Å². The quantitative estimate of drug-likeness (QED) is 0.264. The number of anilines is 2. The van der Waals surface area contributed by atoms with Crippen LogP contribution in [0.4, 0.5) is 16.3 Å². The molecule has 1 saturated heterocycles. The van der Waals surface area contributed by atoms with Crippen LogP contribution in [0.1, 0.15) is 54.2 Å². The maximum atomic E-state index is 12.6. The molecule has 0 saturated carbocycles. The van der Waals surface area contributed by atoms with Gasteiger partial charge >= 0.3 is 6.03 Å². The molecule has 4 rings (SSSR count). The van der Waals surface area contributed by atoms with Crippen molar-refractivity contribution in [1.82, 2.24) is 19.5 Å². The molecule has 224 valence electrons. The normalized spacial score (nSPS) is 20.4. The van der Waals surface area contributed by atoms with Crippen molar-refractivity contribution in [3.05, 3.63) is 43.0 Å². The van der Waals surface area contributed by atoms with Gasteiger partial charge in [0.15, 0.2) is 33.6 Å². The molecule has 2 aromatic heterocycles. The Labute approximate surface area is 245 Å². The number of para-hydroxylation sites is 1. The van der Waals surface area contributed by atoms with Gasteiger partial charge < -0.3 is 18.9 Å². The smallest absolute Gasteiger partial charge is 0.324 e. The number of nitrogens with zero attached hydrogens (tertiary/aromatic N) is 4. The first-order chi connectivity index (χ1) is 19.0. The lowest BCUT2D eigenvalue weighted by Gasteiger charge is -2.40. The molecule has 2 N–H and O–H groups in total. The number of nitrogens with one attached hydrogen (secondary N) is 2. The van der Waals surface area contributed by atoms with Gasteiger partial charge in [0.1, 0.15) is 18.7 Å². The third-order valence-electron chi connectivity index (χ3n) is 8.78. The molecular formula is C29H46N6O4Si2. The summed E-state index contributed by atoms with van der Waals surface area (Å²) in [5, 5.41) is 5.76. The molecule has 2 amide bonds. The highest BCUT2D eigenvalue weighted by atomic mass is 28.4. The number of amides is 2. The fraction of sp³-hybridized carbons (Fsp3) is 0.586. The molecule has 1 fully saturated rings. The van der Waals surface area contributed by atoms with Crippen LogP contribution in [0.25, 0.3) is 11.2 Å². The van der Waals surface area contributed by atoms with Crippen molar-refractivity contribution >= 4 is 45.3 Å². The predicted octanol–water partition coefficient (Wildman–Crippen LogP) is 7.17. The minimum absolute atomic E-state index is 0.0613. The number of carbonyl (C=O) groups excluding carboxylic acids is 1. The molecule has 10 nitrogen and oxygen atoms in total. The number of rotatable bonds is 8. The Morgan fingerprint density at radius 3 is 2.27 bits per heavy atom. The zero-order chi connectivity index (χ0) is 30.2. The molecule has 1 aromatic carbocycles.